The van der Waals surface area contributed by atoms with Crippen LogP contribution in [0.3, 0.4) is 0 Å². The third-order valence-electron chi connectivity index (χ3n) is 5.96. The first kappa shape index (κ1) is 24.0. The van der Waals surface area contributed by atoms with Gasteiger partial charge in [0.05, 0.1) is 11.5 Å². The van der Waals surface area contributed by atoms with E-state index in [1.165, 1.54) is 28.4 Å². The van der Waals surface area contributed by atoms with Gasteiger partial charge in [-0.05, 0) is 36.6 Å². The van der Waals surface area contributed by atoms with Crippen molar-refractivity contribution in [3.8, 4) is 10.6 Å². The number of carboxylic acid groups (broad SMARTS) is 1. The number of aromatic nitrogens is 2. The van der Waals surface area contributed by atoms with Crippen molar-refractivity contribution < 1.29 is 19.1 Å². The molecule has 1 amide bonds. The molecule has 2 aromatic carbocycles. The molecule has 0 atom stereocenters. The average molecular weight is 483 g/mol. The molecule has 34 heavy (non-hydrogen) atoms. The number of amides is 1. The van der Waals surface area contributed by atoms with Crippen molar-refractivity contribution in [2.75, 3.05) is 24.5 Å². The van der Waals surface area contributed by atoms with E-state index in [-0.39, 0.29) is 11.5 Å². The highest BCUT2D eigenvalue weighted by atomic mass is 32.1. The maximum absolute atomic E-state index is 14.3. The zero-order chi connectivity index (χ0) is 24.2. The fraction of sp³-hybridized carbons (Fsp3) is 0.360. The molecule has 1 aliphatic rings. The maximum Gasteiger partial charge on any atom is 0.309 e. The molecule has 0 radical (unpaired) electrons. The Morgan fingerprint density at radius 1 is 1.21 bits per heavy atom. The lowest BCUT2D eigenvalue weighted by molar-refractivity contribution is -0.147. The second kappa shape index (κ2) is 10.4. The molecule has 0 bridgehead atoms. The Labute approximate surface area is 201 Å². The number of aryl methyl sites for hydroxylation is 1. The van der Waals surface area contributed by atoms with Crippen LogP contribution in [0.25, 0.3) is 10.6 Å². The normalized spacial score (nSPS) is 14.1. The van der Waals surface area contributed by atoms with E-state index < -0.39 is 17.7 Å². The summed E-state index contributed by atoms with van der Waals surface area (Å²) < 4.78 is 14.3. The Morgan fingerprint density at radius 2 is 1.97 bits per heavy atom. The molecule has 1 aliphatic heterocycles. The van der Waals surface area contributed by atoms with Crippen LogP contribution in [0.4, 0.5) is 9.52 Å². The molecule has 178 valence electrons. The van der Waals surface area contributed by atoms with Crippen molar-refractivity contribution in [1.29, 1.82) is 0 Å². The maximum atomic E-state index is 14.3. The van der Waals surface area contributed by atoms with Crippen LogP contribution in [0.15, 0.2) is 42.5 Å². The highest BCUT2D eigenvalue weighted by molar-refractivity contribution is 7.18. The van der Waals surface area contributed by atoms with E-state index in [4.69, 9.17) is 5.11 Å². The summed E-state index contributed by atoms with van der Waals surface area (Å²) in [5.41, 5.74) is 3.07. The van der Waals surface area contributed by atoms with Crippen LogP contribution in [-0.4, -0.2) is 51.7 Å². The predicted octanol–water partition coefficient (Wildman–Crippen LogP) is 4.62. The van der Waals surface area contributed by atoms with Gasteiger partial charge in [-0.1, -0.05) is 55.0 Å². The Kier molecular flexibility index (Phi) is 7.33. The number of rotatable bonds is 9. The van der Waals surface area contributed by atoms with Gasteiger partial charge < -0.3 is 5.11 Å². The van der Waals surface area contributed by atoms with Gasteiger partial charge in [0, 0.05) is 31.7 Å². The van der Waals surface area contributed by atoms with Crippen LogP contribution in [-0.2, 0) is 11.3 Å². The molecule has 1 N–H and O–H groups in total. The topological polar surface area (TPSA) is 86.6 Å². The van der Waals surface area contributed by atoms with Crippen LogP contribution in [0.5, 0.6) is 0 Å². The molecular weight excluding hydrogens is 455 g/mol. The van der Waals surface area contributed by atoms with E-state index in [0.29, 0.717) is 36.3 Å². The second-order valence-corrected chi connectivity index (χ2v) is 9.51. The molecule has 2 heterocycles. The Morgan fingerprint density at radius 3 is 2.65 bits per heavy atom. The minimum absolute atomic E-state index is 0.0204. The smallest absolute Gasteiger partial charge is 0.309 e. The monoisotopic (exact) mass is 482 g/mol. The standard InChI is InChI=1S/C25H27FN4O3S/c1-3-4-11-30(23(31)20-7-5-6-8-21(20)26)25-28-27-22(34-25)19-10-9-17(12-16(19)2)13-29-14-18(15-29)24(32)33/h5-10,12,18H,3-4,11,13-15H2,1-2H3,(H,32,33). The molecule has 4 rings (SSSR count). The van der Waals surface area contributed by atoms with Crippen LogP contribution in [0, 0.1) is 18.7 Å². The van der Waals surface area contributed by atoms with E-state index in [0.717, 1.165) is 29.5 Å². The first-order valence-corrected chi connectivity index (χ1v) is 12.1. The molecule has 3 aromatic rings. The van der Waals surface area contributed by atoms with E-state index in [1.807, 2.05) is 26.0 Å². The van der Waals surface area contributed by atoms with Gasteiger partial charge in [-0.3, -0.25) is 19.4 Å². The van der Waals surface area contributed by atoms with E-state index in [9.17, 15) is 14.0 Å². The van der Waals surface area contributed by atoms with Crippen LogP contribution >= 0.6 is 11.3 Å². The fourth-order valence-electron chi connectivity index (χ4n) is 3.99. The summed E-state index contributed by atoms with van der Waals surface area (Å²) in [7, 11) is 0. The summed E-state index contributed by atoms with van der Waals surface area (Å²) in [6.07, 6.45) is 1.65. The summed E-state index contributed by atoms with van der Waals surface area (Å²) in [6, 6.07) is 12.0. The van der Waals surface area contributed by atoms with Crippen molar-refractivity contribution in [3.63, 3.8) is 0 Å². The molecule has 1 aromatic heterocycles. The van der Waals surface area contributed by atoms with Crippen LogP contribution < -0.4 is 4.90 Å². The number of hydrogen-bond donors (Lipinski definition) is 1. The van der Waals surface area contributed by atoms with Gasteiger partial charge in [-0.15, -0.1) is 10.2 Å². The van der Waals surface area contributed by atoms with Crippen molar-refractivity contribution in [2.45, 2.75) is 33.2 Å². The molecule has 0 aliphatic carbocycles. The second-order valence-electron chi connectivity index (χ2n) is 8.56. The molecule has 7 nitrogen and oxygen atoms in total. The van der Waals surface area contributed by atoms with Crippen molar-refractivity contribution in [2.24, 2.45) is 5.92 Å². The summed E-state index contributed by atoms with van der Waals surface area (Å²) in [4.78, 5) is 27.7. The number of anilines is 1. The first-order chi connectivity index (χ1) is 16.4. The highest BCUT2D eigenvalue weighted by Gasteiger charge is 2.32. The van der Waals surface area contributed by atoms with Gasteiger partial charge in [-0.2, -0.15) is 0 Å². The average Bonchev–Trinajstić information content (AvgIpc) is 3.25. The number of carbonyl (C=O) groups is 2. The first-order valence-electron chi connectivity index (χ1n) is 11.3. The quantitative estimate of drug-likeness (QED) is 0.479. The van der Waals surface area contributed by atoms with Crippen molar-refractivity contribution in [1.82, 2.24) is 15.1 Å². The summed E-state index contributed by atoms with van der Waals surface area (Å²) in [5.74, 6) is -1.99. The van der Waals surface area contributed by atoms with Gasteiger partial charge >= 0.3 is 5.97 Å². The van der Waals surface area contributed by atoms with Crippen molar-refractivity contribution in [3.05, 3.63) is 65.0 Å². The molecule has 9 heteroatoms. The van der Waals surface area contributed by atoms with Gasteiger partial charge in [-0.25, -0.2) is 4.39 Å². The fourth-order valence-corrected chi connectivity index (χ4v) is 4.95. The summed E-state index contributed by atoms with van der Waals surface area (Å²) in [6.45, 7) is 6.30. The lowest BCUT2D eigenvalue weighted by Gasteiger charge is -2.36. The number of benzene rings is 2. The minimum atomic E-state index is -0.740. The van der Waals surface area contributed by atoms with Gasteiger partial charge in [0.15, 0.2) is 0 Å². The third-order valence-corrected chi connectivity index (χ3v) is 6.94. The SMILES string of the molecule is CCCCN(C(=O)c1ccccc1F)c1nnc(-c2ccc(CN3CC(C(=O)O)C3)cc2C)s1. The van der Waals surface area contributed by atoms with E-state index in [2.05, 4.69) is 21.2 Å². The predicted molar refractivity (Wildman–Crippen MR) is 129 cm³/mol. The molecular formula is C25H27FN4O3S. The zero-order valence-corrected chi connectivity index (χ0v) is 20.0. The largest absolute Gasteiger partial charge is 0.481 e. The molecule has 1 saturated heterocycles. The van der Waals surface area contributed by atoms with E-state index >= 15 is 0 Å². The van der Waals surface area contributed by atoms with Crippen LogP contribution in [0.2, 0.25) is 0 Å². The number of carbonyl (C=O) groups excluding carboxylic acids is 1. The Balaban J connectivity index is 1.52. The highest BCUT2D eigenvalue weighted by Crippen LogP contribution is 2.33. The number of aliphatic carboxylic acids is 1. The lowest BCUT2D eigenvalue weighted by Crippen LogP contribution is -2.49. The Hall–Kier alpha value is -3.17. The number of hydrogen-bond acceptors (Lipinski definition) is 6. The van der Waals surface area contributed by atoms with E-state index in [1.54, 1.807) is 12.1 Å². The lowest BCUT2D eigenvalue weighted by atomic mass is 9.98. The third kappa shape index (κ3) is 5.15. The van der Waals surface area contributed by atoms with Gasteiger partial charge in [0.25, 0.3) is 5.91 Å². The van der Waals surface area contributed by atoms with Crippen molar-refractivity contribution >= 4 is 28.3 Å². The summed E-state index contributed by atoms with van der Waals surface area (Å²) in [5, 5.41) is 18.8. The Bertz CT molecular complexity index is 1190. The van der Waals surface area contributed by atoms with Gasteiger partial charge in [0.1, 0.15) is 10.8 Å². The number of nitrogens with zero attached hydrogens (tertiary/aromatic N) is 4. The zero-order valence-electron chi connectivity index (χ0n) is 19.2. The molecule has 0 unspecified atom stereocenters. The number of likely N-dealkylation sites (tertiary alicyclic amines) is 1. The molecule has 0 saturated carbocycles. The number of halogens is 1. The minimum Gasteiger partial charge on any atom is -0.481 e. The van der Waals surface area contributed by atoms with Crippen LogP contribution in [0.1, 0.15) is 41.3 Å². The number of carboxylic acids is 1. The molecule has 0 spiro atoms. The number of unbranched alkanes of at least 4 members (excludes halogenated alkanes) is 1. The van der Waals surface area contributed by atoms with Gasteiger partial charge in [0.2, 0.25) is 5.13 Å². The summed E-state index contributed by atoms with van der Waals surface area (Å²) >= 11 is 1.31. The molecule has 1 fully saturated rings.